The Bertz CT molecular complexity index is 702. The molecule has 1 aromatic carbocycles. The number of hydrogen-bond donors (Lipinski definition) is 1. The number of benzene rings is 1. The Balaban J connectivity index is 1.79. The van der Waals surface area contributed by atoms with Crippen molar-refractivity contribution in [3.05, 3.63) is 65.5 Å². The van der Waals surface area contributed by atoms with Gasteiger partial charge in [0.25, 0.3) is 0 Å². The highest BCUT2D eigenvalue weighted by Crippen LogP contribution is 2.35. The Morgan fingerprint density at radius 2 is 2.12 bits per heavy atom. The molecule has 24 heavy (non-hydrogen) atoms. The van der Waals surface area contributed by atoms with Crippen molar-refractivity contribution in [2.45, 2.75) is 32.7 Å². The lowest BCUT2D eigenvalue weighted by atomic mass is 9.74. The molecule has 3 rings (SSSR count). The lowest BCUT2D eigenvalue weighted by molar-refractivity contribution is -0.152. The molecule has 1 N–H and O–H groups in total. The molecule has 1 aliphatic heterocycles. The maximum atomic E-state index is 12.2. The van der Waals surface area contributed by atoms with Gasteiger partial charge in [-0.1, -0.05) is 30.3 Å². The van der Waals surface area contributed by atoms with Gasteiger partial charge >= 0.3 is 5.97 Å². The molecular formula is C20H24N2O2. The number of nitrogens with zero attached hydrogens (tertiary/aromatic N) is 2. The minimum atomic E-state index is -0.702. The first kappa shape index (κ1) is 16.7. The highest BCUT2D eigenvalue weighted by Gasteiger charge is 2.42. The van der Waals surface area contributed by atoms with E-state index in [4.69, 9.17) is 0 Å². The number of hydrogen-bond acceptors (Lipinski definition) is 3. The average molecular weight is 324 g/mol. The monoisotopic (exact) mass is 324 g/mol. The number of rotatable bonds is 5. The lowest BCUT2D eigenvalue weighted by Crippen LogP contribution is -2.48. The van der Waals surface area contributed by atoms with E-state index in [0.717, 1.165) is 37.1 Å². The predicted molar refractivity (Wildman–Crippen MR) is 93.7 cm³/mol. The van der Waals surface area contributed by atoms with E-state index in [1.54, 1.807) is 6.20 Å². The summed E-state index contributed by atoms with van der Waals surface area (Å²) in [7, 11) is 0. The van der Waals surface area contributed by atoms with Crippen molar-refractivity contribution in [3.63, 3.8) is 0 Å². The summed E-state index contributed by atoms with van der Waals surface area (Å²) in [6.45, 7) is 4.35. The molecule has 1 atom stereocenters. The van der Waals surface area contributed by atoms with E-state index in [2.05, 4.69) is 28.9 Å². The fourth-order valence-electron chi connectivity index (χ4n) is 3.68. The number of carbonyl (C=O) groups is 1. The van der Waals surface area contributed by atoms with E-state index in [0.29, 0.717) is 13.0 Å². The van der Waals surface area contributed by atoms with Gasteiger partial charge in [0.1, 0.15) is 0 Å². The minimum Gasteiger partial charge on any atom is -0.481 e. The zero-order chi connectivity index (χ0) is 17.0. The van der Waals surface area contributed by atoms with Crippen LogP contribution in [0, 0.1) is 12.3 Å². The number of aromatic nitrogens is 1. The van der Waals surface area contributed by atoms with E-state index in [1.807, 2.05) is 30.5 Å². The summed E-state index contributed by atoms with van der Waals surface area (Å²) < 4.78 is 0. The van der Waals surface area contributed by atoms with Crippen molar-refractivity contribution in [1.29, 1.82) is 0 Å². The van der Waals surface area contributed by atoms with Crippen molar-refractivity contribution in [2.24, 2.45) is 5.41 Å². The third-order valence-corrected chi connectivity index (χ3v) is 5.03. The zero-order valence-electron chi connectivity index (χ0n) is 14.1. The average Bonchev–Trinajstić information content (AvgIpc) is 2.58. The summed E-state index contributed by atoms with van der Waals surface area (Å²) in [5.41, 5.74) is 2.74. The number of aliphatic carboxylic acids is 1. The van der Waals surface area contributed by atoms with Crippen LogP contribution in [-0.2, 0) is 17.8 Å². The van der Waals surface area contributed by atoms with Gasteiger partial charge in [-0.25, -0.2) is 0 Å². The quantitative estimate of drug-likeness (QED) is 0.917. The molecular weight excluding hydrogens is 300 g/mol. The van der Waals surface area contributed by atoms with Crippen LogP contribution in [-0.4, -0.2) is 34.0 Å². The van der Waals surface area contributed by atoms with Gasteiger partial charge in [-0.15, -0.1) is 0 Å². The molecule has 2 heterocycles. The molecule has 1 aliphatic rings. The molecule has 0 amide bonds. The lowest BCUT2D eigenvalue weighted by Gasteiger charge is -2.40. The highest BCUT2D eigenvalue weighted by atomic mass is 16.4. The van der Waals surface area contributed by atoms with Crippen LogP contribution in [0.2, 0.25) is 0 Å². The Morgan fingerprint density at radius 1 is 1.29 bits per heavy atom. The SMILES string of the molecule is Cc1ccccc1C[C@@]1(C(=O)O)CCCN(Cc2cccnc2)C1. The second kappa shape index (κ2) is 7.14. The molecule has 0 radical (unpaired) electrons. The third-order valence-electron chi connectivity index (χ3n) is 5.03. The van der Waals surface area contributed by atoms with Gasteiger partial charge in [-0.05, 0) is 55.5 Å². The van der Waals surface area contributed by atoms with Gasteiger partial charge in [0.05, 0.1) is 5.41 Å². The Morgan fingerprint density at radius 3 is 2.83 bits per heavy atom. The van der Waals surface area contributed by atoms with Crippen molar-refractivity contribution in [1.82, 2.24) is 9.88 Å². The van der Waals surface area contributed by atoms with E-state index in [9.17, 15) is 9.90 Å². The Kier molecular flexibility index (Phi) is 4.95. The molecule has 4 heteroatoms. The van der Waals surface area contributed by atoms with Crippen molar-refractivity contribution >= 4 is 5.97 Å². The predicted octanol–water partition coefficient (Wildman–Crippen LogP) is 3.30. The molecule has 0 bridgehead atoms. The molecule has 0 unspecified atom stereocenters. The molecule has 0 saturated carbocycles. The number of pyridine rings is 1. The fourth-order valence-corrected chi connectivity index (χ4v) is 3.68. The van der Waals surface area contributed by atoms with E-state index >= 15 is 0 Å². The Labute approximate surface area is 143 Å². The first-order valence-corrected chi connectivity index (χ1v) is 8.48. The number of aryl methyl sites for hydroxylation is 1. The Hall–Kier alpha value is -2.20. The van der Waals surface area contributed by atoms with Crippen molar-refractivity contribution in [2.75, 3.05) is 13.1 Å². The first-order chi connectivity index (χ1) is 11.6. The van der Waals surface area contributed by atoms with Crippen LogP contribution in [0.15, 0.2) is 48.8 Å². The summed E-state index contributed by atoms with van der Waals surface area (Å²) in [4.78, 5) is 18.6. The molecule has 1 fully saturated rings. The fraction of sp³-hybridized carbons (Fsp3) is 0.400. The summed E-state index contributed by atoms with van der Waals surface area (Å²) in [5, 5.41) is 9.99. The van der Waals surface area contributed by atoms with Crippen LogP contribution < -0.4 is 0 Å². The number of piperidine rings is 1. The maximum absolute atomic E-state index is 12.2. The summed E-state index contributed by atoms with van der Waals surface area (Å²) >= 11 is 0. The van der Waals surface area contributed by atoms with Gasteiger partial charge in [0.15, 0.2) is 0 Å². The maximum Gasteiger partial charge on any atom is 0.311 e. The van der Waals surface area contributed by atoms with Crippen LogP contribution in [0.1, 0.15) is 29.5 Å². The van der Waals surface area contributed by atoms with E-state index in [1.165, 1.54) is 5.56 Å². The molecule has 0 aliphatic carbocycles. The van der Waals surface area contributed by atoms with Gasteiger partial charge < -0.3 is 5.11 Å². The summed E-state index contributed by atoms with van der Waals surface area (Å²) in [6, 6.07) is 12.1. The first-order valence-electron chi connectivity index (χ1n) is 8.48. The molecule has 0 spiro atoms. The largest absolute Gasteiger partial charge is 0.481 e. The second-order valence-electron chi connectivity index (χ2n) is 6.86. The summed E-state index contributed by atoms with van der Waals surface area (Å²) in [6.07, 6.45) is 5.87. The standard InChI is InChI=1S/C20H24N2O2/c1-16-6-2-3-8-18(16)12-20(19(23)24)9-5-11-22(15-20)14-17-7-4-10-21-13-17/h2-4,6-8,10,13H,5,9,11-12,14-15H2,1H3,(H,23,24)/t20-/m0/s1. The third kappa shape index (κ3) is 3.65. The molecule has 1 saturated heterocycles. The smallest absolute Gasteiger partial charge is 0.311 e. The van der Waals surface area contributed by atoms with Gasteiger partial charge in [-0.2, -0.15) is 0 Å². The highest BCUT2D eigenvalue weighted by molar-refractivity contribution is 5.75. The van der Waals surface area contributed by atoms with Crippen molar-refractivity contribution in [3.8, 4) is 0 Å². The topological polar surface area (TPSA) is 53.4 Å². The number of carboxylic acid groups (broad SMARTS) is 1. The molecule has 1 aromatic heterocycles. The van der Waals surface area contributed by atoms with Crippen LogP contribution >= 0.6 is 0 Å². The van der Waals surface area contributed by atoms with E-state index < -0.39 is 11.4 Å². The number of likely N-dealkylation sites (tertiary alicyclic amines) is 1. The molecule has 4 nitrogen and oxygen atoms in total. The van der Waals surface area contributed by atoms with Gasteiger partial charge in [0.2, 0.25) is 0 Å². The van der Waals surface area contributed by atoms with Crippen LogP contribution in [0.3, 0.4) is 0 Å². The van der Waals surface area contributed by atoms with Gasteiger partial charge in [0, 0.05) is 25.5 Å². The molecule has 126 valence electrons. The van der Waals surface area contributed by atoms with Crippen LogP contribution in [0.25, 0.3) is 0 Å². The zero-order valence-corrected chi connectivity index (χ0v) is 14.1. The van der Waals surface area contributed by atoms with Crippen LogP contribution in [0.4, 0.5) is 0 Å². The second-order valence-corrected chi connectivity index (χ2v) is 6.86. The van der Waals surface area contributed by atoms with Crippen molar-refractivity contribution < 1.29 is 9.90 Å². The van der Waals surface area contributed by atoms with Gasteiger partial charge in [-0.3, -0.25) is 14.7 Å². The van der Waals surface area contributed by atoms with E-state index in [-0.39, 0.29) is 0 Å². The molecule has 2 aromatic rings. The minimum absolute atomic E-state index is 0.589. The number of carboxylic acids is 1. The summed E-state index contributed by atoms with van der Waals surface area (Å²) in [5.74, 6) is -0.679. The normalized spacial score (nSPS) is 21.5. The van der Waals surface area contributed by atoms with Crippen LogP contribution in [0.5, 0.6) is 0 Å².